The van der Waals surface area contributed by atoms with Crippen molar-refractivity contribution in [3.63, 3.8) is 0 Å². The molecule has 2 heteroatoms. The van der Waals surface area contributed by atoms with Gasteiger partial charge in [0.2, 0.25) is 0 Å². The molecule has 2 aliphatic rings. The maximum absolute atomic E-state index is 11.1. The summed E-state index contributed by atoms with van der Waals surface area (Å²) in [7, 11) is 0. The molecule has 2 nitrogen and oxygen atoms in total. The molecule has 1 heterocycles. The minimum atomic E-state index is -0.129. The third-order valence-corrected chi connectivity index (χ3v) is 3.38. The molecule has 0 aromatic heterocycles. The maximum atomic E-state index is 11.1. The monoisotopic (exact) mass is 177 g/mol. The van der Waals surface area contributed by atoms with Gasteiger partial charge in [-0.15, -0.1) is 6.42 Å². The van der Waals surface area contributed by atoms with E-state index in [1.165, 1.54) is 32.1 Å². The van der Waals surface area contributed by atoms with E-state index in [9.17, 15) is 4.79 Å². The zero-order chi connectivity index (χ0) is 9.31. The first-order valence-corrected chi connectivity index (χ1v) is 5.01. The Kier molecular flexibility index (Phi) is 2.03. The number of likely N-dealkylation sites (tertiary alicyclic amines) is 1. The van der Waals surface area contributed by atoms with Crippen molar-refractivity contribution in [3.8, 4) is 12.3 Å². The van der Waals surface area contributed by atoms with Crippen molar-refractivity contribution in [2.75, 3.05) is 13.1 Å². The third kappa shape index (κ3) is 1.44. The van der Waals surface area contributed by atoms with Gasteiger partial charge in [0.15, 0.2) is 0 Å². The van der Waals surface area contributed by atoms with Gasteiger partial charge >= 0.3 is 0 Å². The summed E-state index contributed by atoms with van der Waals surface area (Å²) in [5.74, 6) is 2.05. The molecule has 1 aliphatic heterocycles. The Balaban J connectivity index is 1.89. The average molecular weight is 177 g/mol. The Bertz CT molecular complexity index is 250. The fourth-order valence-electron chi connectivity index (χ4n) is 2.62. The molecule has 70 valence electrons. The van der Waals surface area contributed by atoms with Crippen LogP contribution in [-0.2, 0) is 4.79 Å². The number of amides is 1. The predicted molar refractivity (Wildman–Crippen MR) is 50.9 cm³/mol. The van der Waals surface area contributed by atoms with E-state index in [-0.39, 0.29) is 5.91 Å². The van der Waals surface area contributed by atoms with Crippen molar-refractivity contribution in [3.05, 3.63) is 0 Å². The van der Waals surface area contributed by atoms with Crippen LogP contribution in [-0.4, -0.2) is 23.9 Å². The highest BCUT2D eigenvalue weighted by atomic mass is 16.2. The van der Waals surface area contributed by atoms with E-state index in [1.54, 1.807) is 4.90 Å². The zero-order valence-electron chi connectivity index (χ0n) is 7.88. The van der Waals surface area contributed by atoms with Crippen LogP contribution in [0.3, 0.4) is 0 Å². The first-order valence-electron chi connectivity index (χ1n) is 5.01. The quantitative estimate of drug-likeness (QED) is 0.512. The fraction of sp³-hybridized carbons (Fsp3) is 0.727. The van der Waals surface area contributed by atoms with Gasteiger partial charge in [-0.3, -0.25) is 4.79 Å². The van der Waals surface area contributed by atoms with Crippen LogP contribution < -0.4 is 0 Å². The number of rotatable bonds is 0. The van der Waals surface area contributed by atoms with E-state index in [4.69, 9.17) is 6.42 Å². The van der Waals surface area contributed by atoms with Gasteiger partial charge in [-0.1, -0.05) is 19.3 Å². The summed E-state index contributed by atoms with van der Waals surface area (Å²) in [6.45, 7) is 1.83. The van der Waals surface area contributed by atoms with E-state index >= 15 is 0 Å². The first-order chi connectivity index (χ1) is 6.26. The average Bonchev–Trinajstić information content (AvgIpc) is 2.14. The lowest BCUT2D eigenvalue weighted by Gasteiger charge is -2.51. The van der Waals surface area contributed by atoms with Crippen molar-refractivity contribution in [2.24, 2.45) is 5.41 Å². The Labute approximate surface area is 79.3 Å². The molecule has 1 saturated carbocycles. The molecule has 0 atom stereocenters. The molecule has 1 saturated heterocycles. The highest BCUT2D eigenvalue weighted by Gasteiger charge is 2.44. The van der Waals surface area contributed by atoms with Gasteiger partial charge in [-0.05, 0) is 18.8 Å². The maximum Gasteiger partial charge on any atom is 0.298 e. The molecule has 0 N–H and O–H groups in total. The minimum absolute atomic E-state index is 0.129. The van der Waals surface area contributed by atoms with Crippen molar-refractivity contribution >= 4 is 5.91 Å². The molecule has 1 aliphatic carbocycles. The number of carbonyl (C=O) groups is 1. The zero-order valence-corrected chi connectivity index (χ0v) is 7.88. The first kappa shape index (κ1) is 8.62. The molecule has 1 spiro atoms. The lowest BCUT2D eigenvalue weighted by molar-refractivity contribution is -0.139. The number of hydrogen-bond donors (Lipinski definition) is 0. The molecule has 0 aromatic carbocycles. The Morgan fingerprint density at radius 1 is 1.23 bits per heavy atom. The largest absolute Gasteiger partial charge is 0.331 e. The number of carbonyl (C=O) groups excluding carboxylic acids is 1. The predicted octanol–water partition coefficient (Wildman–Crippen LogP) is 1.41. The third-order valence-electron chi connectivity index (χ3n) is 3.38. The number of terminal acetylenes is 1. The van der Waals surface area contributed by atoms with Gasteiger partial charge in [-0.25, -0.2) is 0 Å². The topological polar surface area (TPSA) is 20.3 Å². The van der Waals surface area contributed by atoms with Crippen molar-refractivity contribution < 1.29 is 4.79 Å². The van der Waals surface area contributed by atoms with Gasteiger partial charge < -0.3 is 4.90 Å². The van der Waals surface area contributed by atoms with Gasteiger partial charge in [0, 0.05) is 18.5 Å². The second kappa shape index (κ2) is 3.06. The fourth-order valence-corrected chi connectivity index (χ4v) is 2.62. The van der Waals surface area contributed by atoms with Gasteiger partial charge in [-0.2, -0.15) is 0 Å². The molecule has 0 unspecified atom stereocenters. The lowest BCUT2D eigenvalue weighted by atomic mass is 9.68. The molecule has 13 heavy (non-hydrogen) atoms. The summed E-state index contributed by atoms with van der Waals surface area (Å²) in [5, 5.41) is 0. The molecular formula is C11H15NO. The van der Waals surface area contributed by atoms with Crippen LogP contribution in [0.2, 0.25) is 0 Å². The van der Waals surface area contributed by atoms with E-state index in [2.05, 4.69) is 5.92 Å². The second-order valence-electron chi connectivity index (χ2n) is 4.37. The summed E-state index contributed by atoms with van der Waals surface area (Å²) in [4.78, 5) is 12.9. The highest BCUT2D eigenvalue weighted by Crippen LogP contribution is 2.43. The van der Waals surface area contributed by atoms with Crippen LogP contribution in [0.25, 0.3) is 0 Å². The van der Waals surface area contributed by atoms with Crippen LogP contribution >= 0.6 is 0 Å². The lowest BCUT2D eigenvalue weighted by Crippen LogP contribution is -2.58. The molecule has 2 fully saturated rings. The van der Waals surface area contributed by atoms with Gasteiger partial charge in [0.25, 0.3) is 5.91 Å². The normalized spacial score (nSPS) is 25.0. The summed E-state index contributed by atoms with van der Waals surface area (Å²) in [5.41, 5.74) is 0.463. The SMILES string of the molecule is C#CC(=O)N1CC2(CCCCC2)C1. The summed E-state index contributed by atoms with van der Waals surface area (Å²) < 4.78 is 0. The summed E-state index contributed by atoms with van der Waals surface area (Å²) in [6, 6.07) is 0. The second-order valence-corrected chi connectivity index (χ2v) is 4.37. The van der Waals surface area contributed by atoms with E-state index in [1.807, 2.05) is 0 Å². The molecule has 2 rings (SSSR count). The standard InChI is InChI=1S/C11H15NO/c1-2-10(13)12-8-11(9-12)6-4-3-5-7-11/h1H,3-9H2. The van der Waals surface area contributed by atoms with Crippen molar-refractivity contribution in [1.29, 1.82) is 0 Å². The van der Waals surface area contributed by atoms with Crippen LogP contribution in [0.15, 0.2) is 0 Å². The van der Waals surface area contributed by atoms with E-state index < -0.39 is 0 Å². The van der Waals surface area contributed by atoms with Crippen molar-refractivity contribution in [1.82, 2.24) is 4.90 Å². The summed E-state index contributed by atoms with van der Waals surface area (Å²) in [6.07, 6.45) is 11.7. The Morgan fingerprint density at radius 3 is 2.38 bits per heavy atom. The Hall–Kier alpha value is -0.970. The van der Waals surface area contributed by atoms with Crippen LogP contribution in [0.5, 0.6) is 0 Å². The van der Waals surface area contributed by atoms with E-state index in [0.29, 0.717) is 5.41 Å². The molecule has 0 radical (unpaired) electrons. The van der Waals surface area contributed by atoms with Gasteiger partial charge in [0.05, 0.1) is 0 Å². The van der Waals surface area contributed by atoms with Crippen LogP contribution in [0.1, 0.15) is 32.1 Å². The van der Waals surface area contributed by atoms with Gasteiger partial charge in [0.1, 0.15) is 0 Å². The van der Waals surface area contributed by atoms with Crippen LogP contribution in [0, 0.1) is 17.8 Å². The molecule has 0 aromatic rings. The van der Waals surface area contributed by atoms with Crippen LogP contribution in [0.4, 0.5) is 0 Å². The smallest absolute Gasteiger partial charge is 0.298 e. The highest BCUT2D eigenvalue weighted by molar-refractivity contribution is 5.93. The molecular weight excluding hydrogens is 162 g/mol. The molecule has 0 bridgehead atoms. The number of hydrogen-bond acceptors (Lipinski definition) is 1. The van der Waals surface area contributed by atoms with E-state index in [0.717, 1.165) is 13.1 Å². The molecule has 1 amide bonds. The Morgan fingerprint density at radius 2 is 1.85 bits per heavy atom. The minimum Gasteiger partial charge on any atom is -0.331 e. The van der Waals surface area contributed by atoms with Crippen molar-refractivity contribution in [2.45, 2.75) is 32.1 Å². The number of nitrogens with zero attached hydrogens (tertiary/aromatic N) is 1. The summed E-state index contributed by atoms with van der Waals surface area (Å²) >= 11 is 0.